The Labute approximate surface area is 220 Å². The highest BCUT2D eigenvalue weighted by atomic mass is 32.1. The van der Waals surface area contributed by atoms with Crippen molar-refractivity contribution in [2.45, 2.75) is 58.2 Å². The molecular weight excluding hydrogens is 486 g/mol. The Hall–Kier alpha value is -3.85. The number of urea groups is 1. The molecule has 3 heterocycles. The number of aromatic nitrogens is 1. The minimum absolute atomic E-state index is 0.0425. The highest BCUT2D eigenvalue weighted by molar-refractivity contribution is 7.21. The summed E-state index contributed by atoms with van der Waals surface area (Å²) in [5.74, 6) is 0.534. The lowest BCUT2D eigenvalue weighted by Gasteiger charge is -2.30. The van der Waals surface area contributed by atoms with E-state index in [2.05, 4.69) is 34.1 Å². The maximum atomic E-state index is 13.4. The van der Waals surface area contributed by atoms with Gasteiger partial charge in [0.1, 0.15) is 15.5 Å². The molecule has 8 nitrogen and oxygen atoms in total. The van der Waals surface area contributed by atoms with E-state index in [4.69, 9.17) is 4.74 Å². The zero-order chi connectivity index (χ0) is 26.3. The van der Waals surface area contributed by atoms with Crippen molar-refractivity contribution in [1.82, 2.24) is 15.6 Å². The summed E-state index contributed by atoms with van der Waals surface area (Å²) in [6.45, 7) is 13.6. The number of carbonyl (C=O) groups excluding carboxylic acids is 2. The van der Waals surface area contributed by atoms with Crippen molar-refractivity contribution in [2.75, 3.05) is 10.2 Å². The van der Waals surface area contributed by atoms with Gasteiger partial charge in [0.05, 0.1) is 28.6 Å². The highest BCUT2D eigenvalue weighted by Crippen LogP contribution is 2.46. The molecule has 2 aromatic heterocycles. The van der Waals surface area contributed by atoms with Crippen molar-refractivity contribution in [3.8, 4) is 5.75 Å². The molecule has 2 aliphatic rings. The molecule has 9 heteroatoms. The summed E-state index contributed by atoms with van der Waals surface area (Å²) in [7, 11) is 0. The number of thiophene rings is 1. The zero-order valence-electron chi connectivity index (χ0n) is 21.3. The number of pyridine rings is 1. The van der Waals surface area contributed by atoms with Crippen LogP contribution < -0.4 is 25.6 Å². The van der Waals surface area contributed by atoms with Crippen LogP contribution in [-0.2, 0) is 0 Å². The Morgan fingerprint density at radius 3 is 2.70 bits per heavy atom. The molecule has 2 atom stereocenters. The predicted molar refractivity (Wildman–Crippen MR) is 149 cm³/mol. The summed E-state index contributed by atoms with van der Waals surface area (Å²) < 4.78 is 5.81. The van der Waals surface area contributed by atoms with E-state index in [1.165, 1.54) is 11.3 Å². The molecule has 0 spiro atoms. The van der Waals surface area contributed by atoms with Gasteiger partial charge in [0, 0.05) is 24.0 Å². The summed E-state index contributed by atoms with van der Waals surface area (Å²) in [6, 6.07) is 7.21. The van der Waals surface area contributed by atoms with E-state index < -0.39 is 0 Å². The molecule has 5 rings (SSSR count). The van der Waals surface area contributed by atoms with Gasteiger partial charge >= 0.3 is 6.03 Å². The number of hydrogen-bond acceptors (Lipinski definition) is 6. The molecule has 1 fully saturated rings. The second kappa shape index (κ2) is 9.89. The van der Waals surface area contributed by atoms with Gasteiger partial charge in [-0.3, -0.25) is 9.69 Å². The fourth-order valence-corrected chi connectivity index (χ4v) is 6.07. The molecule has 1 aromatic carbocycles. The van der Waals surface area contributed by atoms with Gasteiger partial charge in [0.15, 0.2) is 0 Å². The monoisotopic (exact) mass is 517 g/mol. The lowest BCUT2D eigenvalue weighted by molar-refractivity contribution is 0.0937. The summed E-state index contributed by atoms with van der Waals surface area (Å²) in [4.78, 5) is 34.2. The van der Waals surface area contributed by atoms with Gasteiger partial charge in [-0.1, -0.05) is 13.2 Å². The molecule has 2 unspecified atom stereocenters. The fraction of sp³-hybridized carbons (Fsp3) is 0.321. The van der Waals surface area contributed by atoms with Gasteiger partial charge in [-0.2, -0.15) is 0 Å². The number of allylic oxidation sites excluding steroid dienone is 1. The standard InChI is InChI=1S/C28H31N5O3S/c1-6-17(5)30-19-8-7-9-20(19)31-26(34)25-24-23-22(12-13-29-27(23)37-25)33(28(35)32-24)21-11-10-18(14-16(21)4)36-15(2)3/h6,10-15,19-20,30H,1,5,7-9H2,2-4H3,(H,31,34)(H,32,35). The van der Waals surface area contributed by atoms with Crippen LogP contribution in [0.25, 0.3) is 10.2 Å². The zero-order valence-corrected chi connectivity index (χ0v) is 22.1. The van der Waals surface area contributed by atoms with E-state index in [1.807, 2.05) is 45.0 Å². The molecule has 192 valence electrons. The number of benzene rings is 1. The van der Waals surface area contributed by atoms with Crippen LogP contribution in [0.2, 0.25) is 0 Å². The Balaban J connectivity index is 1.47. The normalized spacial score (nSPS) is 18.6. The third-order valence-electron chi connectivity index (χ3n) is 6.68. The summed E-state index contributed by atoms with van der Waals surface area (Å²) in [6.07, 6.45) is 6.22. The molecule has 1 aliphatic heterocycles. The number of nitrogens with one attached hydrogen (secondary N) is 3. The average Bonchev–Trinajstić information content (AvgIpc) is 3.44. The van der Waals surface area contributed by atoms with Gasteiger partial charge in [0.25, 0.3) is 5.91 Å². The number of aryl methyl sites for hydroxylation is 1. The van der Waals surface area contributed by atoms with Gasteiger partial charge in [-0.15, -0.1) is 11.3 Å². The minimum Gasteiger partial charge on any atom is -0.491 e. The molecule has 1 aliphatic carbocycles. The van der Waals surface area contributed by atoms with Crippen molar-refractivity contribution in [3.63, 3.8) is 0 Å². The molecule has 3 amide bonds. The SMILES string of the molecule is C=CC(=C)NC1CCCC1NC(=O)c1sc2nccc3c2c1NC(=O)N3c1ccc(OC(C)C)cc1C. The van der Waals surface area contributed by atoms with Crippen molar-refractivity contribution < 1.29 is 14.3 Å². The third kappa shape index (κ3) is 4.67. The Morgan fingerprint density at radius 1 is 1.24 bits per heavy atom. The lowest BCUT2D eigenvalue weighted by Crippen LogP contribution is -2.46. The van der Waals surface area contributed by atoms with E-state index in [0.29, 0.717) is 21.1 Å². The first-order valence-corrected chi connectivity index (χ1v) is 13.3. The molecule has 3 aromatic rings. The van der Waals surface area contributed by atoms with E-state index in [9.17, 15) is 9.59 Å². The summed E-state index contributed by atoms with van der Waals surface area (Å²) in [5, 5.41) is 10.2. The number of amides is 3. The maximum absolute atomic E-state index is 13.4. The van der Waals surface area contributed by atoms with Crippen LogP contribution in [0.3, 0.4) is 0 Å². The molecule has 37 heavy (non-hydrogen) atoms. The second-order valence-electron chi connectivity index (χ2n) is 9.69. The highest BCUT2D eigenvalue weighted by Gasteiger charge is 2.35. The largest absolute Gasteiger partial charge is 0.491 e. The van der Waals surface area contributed by atoms with E-state index in [-0.39, 0.29) is 30.1 Å². The second-order valence-corrected chi connectivity index (χ2v) is 10.7. The molecule has 0 bridgehead atoms. The van der Waals surface area contributed by atoms with Crippen LogP contribution in [0.5, 0.6) is 5.75 Å². The number of carbonyl (C=O) groups is 2. The first-order valence-electron chi connectivity index (χ1n) is 12.5. The Kier molecular flexibility index (Phi) is 6.64. The quantitative estimate of drug-likeness (QED) is 0.318. The third-order valence-corrected chi connectivity index (χ3v) is 7.78. The van der Waals surface area contributed by atoms with Crippen LogP contribution in [0.1, 0.15) is 48.3 Å². The van der Waals surface area contributed by atoms with Gasteiger partial charge < -0.3 is 20.7 Å². The maximum Gasteiger partial charge on any atom is 0.331 e. The first kappa shape index (κ1) is 24.8. The van der Waals surface area contributed by atoms with Crippen LogP contribution in [0, 0.1) is 6.92 Å². The lowest BCUT2D eigenvalue weighted by atomic mass is 10.1. The summed E-state index contributed by atoms with van der Waals surface area (Å²) >= 11 is 1.29. The van der Waals surface area contributed by atoms with Gasteiger partial charge in [-0.25, -0.2) is 9.78 Å². The predicted octanol–water partition coefficient (Wildman–Crippen LogP) is 6.02. The van der Waals surface area contributed by atoms with Gasteiger partial charge in [-0.05, 0) is 75.9 Å². The minimum atomic E-state index is -0.323. The fourth-order valence-electron chi connectivity index (χ4n) is 5.04. The molecule has 0 radical (unpaired) electrons. The van der Waals surface area contributed by atoms with Crippen molar-refractivity contribution in [3.05, 3.63) is 65.8 Å². The van der Waals surface area contributed by atoms with E-state index in [1.54, 1.807) is 17.2 Å². The Bertz CT molecular complexity index is 1410. The van der Waals surface area contributed by atoms with Gasteiger partial charge in [0.2, 0.25) is 0 Å². The van der Waals surface area contributed by atoms with Crippen molar-refractivity contribution >= 4 is 50.6 Å². The Morgan fingerprint density at radius 2 is 2.00 bits per heavy atom. The number of hydrogen-bond donors (Lipinski definition) is 3. The summed E-state index contributed by atoms with van der Waals surface area (Å²) in [5.41, 5.74) is 3.59. The molecule has 3 N–H and O–H groups in total. The topological polar surface area (TPSA) is 95.6 Å². The van der Waals surface area contributed by atoms with Crippen molar-refractivity contribution in [2.24, 2.45) is 0 Å². The first-order chi connectivity index (χ1) is 17.8. The van der Waals surface area contributed by atoms with Crippen LogP contribution in [-0.4, -0.2) is 35.1 Å². The number of ether oxygens (including phenoxy) is 1. The van der Waals surface area contributed by atoms with E-state index >= 15 is 0 Å². The molecular formula is C28H31N5O3S. The number of nitrogens with zero attached hydrogens (tertiary/aromatic N) is 2. The van der Waals surface area contributed by atoms with Crippen LogP contribution in [0.4, 0.5) is 21.9 Å². The van der Waals surface area contributed by atoms with Crippen molar-refractivity contribution in [1.29, 1.82) is 0 Å². The average molecular weight is 518 g/mol. The van der Waals surface area contributed by atoms with Crippen LogP contribution in [0.15, 0.2) is 55.4 Å². The van der Waals surface area contributed by atoms with E-state index in [0.717, 1.165) is 47.3 Å². The molecule has 1 saturated carbocycles. The van der Waals surface area contributed by atoms with Crippen LogP contribution >= 0.6 is 11.3 Å². The number of rotatable bonds is 8. The number of anilines is 3. The molecule has 0 saturated heterocycles. The smallest absolute Gasteiger partial charge is 0.331 e.